The summed E-state index contributed by atoms with van der Waals surface area (Å²) in [4.78, 5) is 4.37. The van der Waals surface area contributed by atoms with E-state index in [-0.39, 0.29) is 5.60 Å². The monoisotopic (exact) mass is 385 g/mol. The Labute approximate surface area is 169 Å². The quantitative estimate of drug-likeness (QED) is 0.565. The van der Waals surface area contributed by atoms with Crippen LogP contribution in [0.3, 0.4) is 0 Å². The molecule has 0 saturated heterocycles. The third-order valence-electron chi connectivity index (χ3n) is 4.52. The summed E-state index contributed by atoms with van der Waals surface area (Å²) < 4.78 is 8.07. The van der Waals surface area contributed by atoms with Gasteiger partial charge in [-0.25, -0.2) is 0 Å². The first-order valence-electron chi connectivity index (χ1n) is 10.0. The van der Waals surface area contributed by atoms with Crippen LogP contribution in [0, 0.1) is 0 Å². The van der Waals surface area contributed by atoms with Crippen LogP contribution in [0.25, 0.3) is 0 Å². The lowest BCUT2D eigenvalue weighted by molar-refractivity contribution is 0.129. The Morgan fingerprint density at radius 1 is 1.11 bits per heavy atom. The first-order valence-corrected chi connectivity index (χ1v) is 10.0. The van der Waals surface area contributed by atoms with Crippen molar-refractivity contribution in [1.29, 1.82) is 0 Å². The van der Waals surface area contributed by atoms with E-state index in [1.807, 2.05) is 29.9 Å². The van der Waals surface area contributed by atoms with Gasteiger partial charge in [0.1, 0.15) is 11.4 Å². The number of aromatic nitrogens is 2. The molecule has 0 bridgehead atoms. The Balaban J connectivity index is 2.04. The van der Waals surface area contributed by atoms with Crippen LogP contribution < -0.4 is 15.4 Å². The van der Waals surface area contributed by atoms with Crippen molar-refractivity contribution in [3.8, 4) is 5.75 Å². The zero-order chi connectivity index (χ0) is 20.7. The summed E-state index contributed by atoms with van der Waals surface area (Å²) in [5.41, 5.74) is 4.55. The molecule has 2 aromatic rings. The standard InChI is InChI=1S/C22H35N5O/c1-8-18-17(19(9-2)27(7)26-18)15-25-21(23-6)24-14-16-12-10-11-13-20(16)28-22(3,4)5/h10-13H,8-9,14-15H2,1-7H3,(H2,23,24,25). The van der Waals surface area contributed by atoms with Gasteiger partial charge in [-0.3, -0.25) is 9.67 Å². The first-order chi connectivity index (χ1) is 13.3. The van der Waals surface area contributed by atoms with Crippen molar-refractivity contribution < 1.29 is 4.74 Å². The summed E-state index contributed by atoms with van der Waals surface area (Å²) in [6.07, 6.45) is 1.89. The van der Waals surface area contributed by atoms with Crippen molar-refractivity contribution in [3.63, 3.8) is 0 Å². The van der Waals surface area contributed by atoms with Crippen molar-refractivity contribution >= 4 is 5.96 Å². The van der Waals surface area contributed by atoms with Gasteiger partial charge in [-0.2, -0.15) is 5.10 Å². The lowest BCUT2D eigenvalue weighted by Gasteiger charge is -2.23. The van der Waals surface area contributed by atoms with Gasteiger partial charge in [-0.05, 0) is 39.7 Å². The fourth-order valence-electron chi connectivity index (χ4n) is 3.25. The molecule has 0 aliphatic carbocycles. The number of ether oxygens (including phenoxy) is 1. The number of rotatable bonds is 7. The molecule has 6 heteroatoms. The van der Waals surface area contributed by atoms with Crippen LogP contribution in [-0.2, 0) is 33.0 Å². The molecule has 1 heterocycles. The molecule has 0 fully saturated rings. The fraction of sp³-hybridized carbons (Fsp3) is 0.545. The van der Waals surface area contributed by atoms with Crippen molar-refractivity contribution in [1.82, 2.24) is 20.4 Å². The van der Waals surface area contributed by atoms with E-state index in [1.165, 1.54) is 11.3 Å². The number of nitrogens with one attached hydrogen (secondary N) is 2. The van der Waals surface area contributed by atoms with Crippen LogP contribution in [0.4, 0.5) is 0 Å². The van der Waals surface area contributed by atoms with E-state index in [0.717, 1.165) is 35.8 Å². The van der Waals surface area contributed by atoms with Crippen LogP contribution in [0.2, 0.25) is 0 Å². The number of nitrogens with zero attached hydrogens (tertiary/aromatic N) is 3. The molecule has 0 amide bonds. The molecule has 0 unspecified atom stereocenters. The van der Waals surface area contributed by atoms with Gasteiger partial charge in [-0.1, -0.05) is 32.0 Å². The van der Waals surface area contributed by atoms with Crippen LogP contribution in [0.15, 0.2) is 29.3 Å². The summed E-state index contributed by atoms with van der Waals surface area (Å²) in [6, 6.07) is 8.11. The maximum absolute atomic E-state index is 6.08. The van der Waals surface area contributed by atoms with Gasteiger partial charge in [-0.15, -0.1) is 0 Å². The van der Waals surface area contributed by atoms with E-state index in [1.54, 1.807) is 7.05 Å². The Morgan fingerprint density at radius 2 is 1.79 bits per heavy atom. The predicted molar refractivity (Wildman–Crippen MR) is 116 cm³/mol. The minimum absolute atomic E-state index is 0.233. The highest BCUT2D eigenvalue weighted by Gasteiger charge is 2.16. The molecule has 1 aromatic heterocycles. The van der Waals surface area contributed by atoms with Gasteiger partial charge in [0.25, 0.3) is 0 Å². The number of guanidine groups is 1. The number of hydrogen-bond donors (Lipinski definition) is 2. The predicted octanol–water partition coefficient (Wildman–Crippen LogP) is 3.59. The molecule has 0 aliphatic rings. The maximum Gasteiger partial charge on any atom is 0.191 e. The second-order valence-corrected chi connectivity index (χ2v) is 7.80. The van der Waals surface area contributed by atoms with Crippen molar-refractivity contribution in [2.45, 2.75) is 66.2 Å². The summed E-state index contributed by atoms with van der Waals surface area (Å²) >= 11 is 0. The zero-order valence-electron chi connectivity index (χ0n) is 18.4. The minimum atomic E-state index is -0.233. The van der Waals surface area contributed by atoms with Gasteiger partial charge in [0.15, 0.2) is 5.96 Å². The highest BCUT2D eigenvalue weighted by atomic mass is 16.5. The Morgan fingerprint density at radius 3 is 2.39 bits per heavy atom. The van der Waals surface area contributed by atoms with E-state index in [2.05, 4.69) is 61.4 Å². The molecule has 154 valence electrons. The van der Waals surface area contributed by atoms with E-state index < -0.39 is 0 Å². The summed E-state index contributed by atoms with van der Waals surface area (Å²) in [5, 5.41) is 11.5. The van der Waals surface area contributed by atoms with Crippen molar-refractivity contribution in [2.24, 2.45) is 12.0 Å². The zero-order valence-corrected chi connectivity index (χ0v) is 18.4. The van der Waals surface area contributed by atoms with E-state index in [4.69, 9.17) is 4.74 Å². The normalized spacial score (nSPS) is 12.2. The highest BCUT2D eigenvalue weighted by molar-refractivity contribution is 5.79. The first kappa shape index (κ1) is 21.8. The van der Waals surface area contributed by atoms with Gasteiger partial charge >= 0.3 is 0 Å². The minimum Gasteiger partial charge on any atom is -0.488 e. The SMILES string of the molecule is CCc1nn(C)c(CC)c1CNC(=NC)NCc1ccccc1OC(C)(C)C. The van der Waals surface area contributed by atoms with E-state index in [9.17, 15) is 0 Å². The topological polar surface area (TPSA) is 63.5 Å². The third-order valence-corrected chi connectivity index (χ3v) is 4.52. The summed E-state index contributed by atoms with van der Waals surface area (Å²) in [6.45, 7) is 11.8. The van der Waals surface area contributed by atoms with Crippen LogP contribution in [0.5, 0.6) is 5.75 Å². The Bertz CT molecular complexity index is 802. The van der Waals surface area contributed by atoms with Gasteiger partial charge in [0.05, 0.1) is 5.69 Å². The Hall–Kier alpha value is -2.50. The number of benzene rings is 1. The van der Waals surface area contributed by atoms with E-state index >= 15 is 0 Å². The van der Waals surface area contributed by atoms with Crippen LogP contribution in [-0.4, -0.2) is 28.4 Å². The van der Waals surface area contributed by atoms with E-state index in [0.29, 0.717) is 13.1 Å². The molecular weight excluding hydrogens is 350 g/mol. The van der Waals surface area contributed by atoms with Gasteiger partial charge in [0.2, 0.25) is 0 Å². The second kappa shape index (κ2) is 9.62. The number of hydrogen-bond acceptors (Lipinski definition) is 3. The van der Waals surface area contributed by atoms with Crippen molar-refractivity contribution in [3.05, 3.63) is 46.8 Å². The molecule has 2 N–H and O–H groups in total. The molecule has 1 aromatic carbocycles. The maximum atomic E-state index is 6.08. The molecule has 0 radical (unpaired) electrons. The molecule has 28 heavy (non-hydrogen) atoms. The molecular formula is C22H35N5O. The number of para-hydroxylation sites is 1. The lowest BCUT2D eigenvalue weighted by atomic mass is 10.1. The highest BCUT2D eigenvalue weighted by Crippen LogP contribution is 2.22. The molecule has 0 atom stereocenters. The fourth-order valence-corrected chi connectivity index (χ4v) is 3.25. The van der Waals surface area contributed by atoms with Crippen LogP contribution in [0.1, 0.15) is 57.1 Å². The summed E-state index contributed by atoms with van der Waals surface area (Å²) in [5.74, 6) is 1.66. The molecule has 6 nitrogen and oxygen atoms in total. The smallest absolute Gasteiger partial charge is 0.191 e. The van der Waals surface area contributed by atoms with Crippen LogP contribution >= 0.6 is 0 Å². The average molecular weight is 386 g/mol. The number of aliphatic imine (C=N–C) groups is 1. The van der Waals surface area contributed by atoms with Gasteiger partial charge in [0, 0.05) is 44.0 Å². The second-order valence-electron chi connectivity index (χ2n) is 7.80. The molecule has 0 saturated carbocycles. The molecule has 0 aliphatic heterocycles. The van der Waals surface area contributed by atoms with Gasteiger partial charge < -0.3 is 15.4 Å². The lowest BCUT2D eigenvalue weighted by Crippen LogP contribution is -2.37. The largest absolute Gasteiger partial charge is 0.488 e. The summed E-state index contributed by atoms with van der Waals surface area (Å²) in [7, 11) is 3.80. The number of aryl methyl sites for hydroxylation is 2. The van der Waals surface area contributed by atoms with Crippen molar-refractivity contribution in [2.75, 3.05) is 7.05 Å². The Kier molecular flexibility index (Phi) is 7.49. The average Bonchev–Trinajstić information content (AvgIpc) is 2.96. The molecule has 0 spiro atoms. The molecule has 2 rings (SSSR count). The third kappa shape index (κ3) is 5.75.